The number of rotatable bonds is 5. The van der Waals surface area contributed by atoms with E-state index >= 15 is 0 Å². The summed E-state index contributed by atoms with van der Waals surface area (Å²) in [4.78, 5) is 30.6. The molecule has 2 aromatic heterocycles. The molecule has 4 N–H and O–H groups in total. The Hall–Kier alpha value is -2.28. The topological polar surface area (TPSA) is 112 Å². The van der Waals surface area contributed by atoms with Gasteiger partial charge in [-0.2, -0.15) is 0 Å². The third-order valence-corrected chi connectivity index (χ3v) is 3.15. The van der Waals surface area contributed by atoms with Gasteiger partial charge in [-0.25, -0.2) is 9.97 Å². The van der Waals surface area contributed by atoms with E-state index in [9.17, 15) is 9.59 Å². The van der Waals surface area contributed by atoms with Crippen molar-refractivity contribution in [2.24, 2.45) is 5.73 Å². The Morgan fingerprint density at radius 3 is 2.74 bits per heavy atom. The fraction of sp³-hybridized carbons (Fsp3) is 0.0833. The first-order valence-corrected chi connectivity index (χ1v) is 6.28. The molecule has 0 spiro atoms. The van der Waals surface area contributed by atoms with Crippen LogP contribution in [-0.2, 0) is 6.42 Å². The van der Waals surface area contributed by atoms with Crippen LogP contribution in [-0.4, -0.2) is 21.7 Å². The van der Waals surface area contributed by atoms with E-state index in [2.05, 4.69) is 9.97 Å². The van der Waals surface area contributed by atoms with E-state index in [0.29, 0.717) is 17.9 Å². The summed E-state index contributed by atoms with van der Waals surface area (Å²) >= 11 is 1.09. The largest absolute Gasteiger partial charge is 0.384 e. The Morgan fingerprint density at radius 1 is 1.32 bits per heavy atom. The molecule has 0 aromatic carbocycles. The highest BCUT2D eigenvalue weighted by atomic mass is 32.1. The molecule has 0 aliphatic heterocycles. The zero-order chi connectivity index (χ0) is 13.8. The molecule has 19 heavy (non-hydrogen) atoms. The van der Waals surface area contributed by atoms with Crippen LogP contribution in [0.15, 0.2) is 23.6 Å². The second kappa shape index (κ2) is 5.57. The Kier molecular flexibility index (Phi) is 3.86. The zero-order valence-electron chi connectivity index (χ0n) is 9.87. The molecule has 2 aromatic rings. The predicted molar refractivity (Wildman–Crippen MR) is 71.6 cm³/mol. The molecule has 0 saturated carbocycles. The number of hydrogen-bond donors (Lipinski definition) is 2. The number of nitrogen functional groups attached to an aromatic ring is 1. The summed E-state index contributed by atoms with van der Waals surface area (Å²) in [5.74, 6) is -0.502. The lowest BCUT2D eigenvalue weighted by atomic mass is 10.1. The fourth-order valence-electron chi connectivity index (χ4n) is 1.40. The number of nitrogens with two attached hydrogens (primary N) is 2. The van der Waals surface area contributed by atoms with Gasteiger partial charge in [0, 0.05) is 23.9 Å². The number of pyridine rings is 1. The van der Waals surface area contributed by atoms with Crippen LogP contribution in [0, 0.1) is 6.42 Å². The number of ketones is 1. The van der Waals surface area contributed by atoms with Crippen molar-refractivity contribution in [1.82, 2.24) is 9.97 Å². The lowest BCUT2D eigenvalue weighted by Gasteiger charge is -1.99. The number of Topliss-reactive ketones (excluding diaryl/α,β-unsaturated/α-hetero) is 1. The first-order valence-electron chi connectivity index (χ1n) is 5.40. The van der Waals surface area contributed by atoms with E-state index in [1.54, 1.807) is 18.2 Å². The number of primary amides is 1. The predicted octanol–water partition coefficient (Wildman–Crippen LogP) is 0.849. The summed E-state index contributed by atoms with van der Waals surface area (Å²) in [7, 11) is 0. The SMILES string of the molecule is NC(=O)c1csc(C(=O)[CH]Cc2cccc(N)n2)n1. The minimum Gasteiger partial charge on any atom is -0.384 e. The lowest BCUT2D eigenvalue weighted by molar-refractivity contribution is 0.0996. The standard InChI is InChI=1S/C12H11N4O2S/c13-10-3-1-2-7(15-10)4-5-9(17)12-16-8(6-19-12)11(14)18/h1-3,5-6H,4H2,(H2,13,15)(H2,14,18). The molecule has 0 aliphatic rings. The zero-order valence-corrected chi connectivity index (χ0v) is 10.7. The molecular weight excluding hydrogens is 264 g/mol. The first kappa shape index (κ1) is 13.2. The van der Waals surface area contributed by atoms with Crippen molar-refractivity contribution in [2.45, 2.75) is 6.42 Å². The van der Waals surface area contributed by atoms with Gasteiger partial charge in [-0.05, 0) is 12.1 Å². The van der Waals surface area contributed by atoms with Gasteiger partial charge >= 0.3 is 0 Å². The van der Waals surface area contributed by atoms with E-state index in [1.165, 1.54) is 11.8 Å². The molecule has 97 valence electrons. The van der Waals surface area contributed by atoms with Crippen LogP contribution in [0.2, 0.25) is 0 Å². The second-order valence-electron chi connectivity index (χ2n) is 3.73. The van der Waals surface area contributed by atoms with Gasteiger partial charge in [0.1, 0.15) is 11.5 Å². The van der Waals surface area contributed by atoms with Crippen molar-refractivity contribution in [3.8, 4) is 0 Å². The van der Waals surface area contributed by atoms with Gasteiger partial charge in [0.25, 0.3) is 5.91 Å². The normalized spacial score (nSPS) is 10.3. The Balaban J connectivity index is 1.99. The highest BCUT2D eigenvalue weighted by Crippen LogP contribution is 2.13. The van der Waals surface area contributed by atoms with Gasteiger partial charge in [-0.1, -0.05) is 6.07 Å². The average molecular weight is 275 g/mol. The summed E-state index contributed by atoms with van der Waals surface area (Å²) in [6.07, 6.45) is 1.81. The Bertz CT molecular complexity index is 624. The number of amides is 1. The molecule has 0 saturated heterocycles. The molecule has 0 aliphatic carbocycles. The fourth-order valence-corrected chi connectivity index (χ4v) is 2.14. The summed E-state index contributed by atoms with van der Waals surface area (Å²) in [5, 5.41) is 1.69. The van der Waals surface area contributed by atoms with Gasteiger partial charge in [-0.15, -0.1) is 11.3 Å². The number of nitrogens with zero attached hydrogens (tertiary/aromatic N) is 2. The van der Waals surface area contributed by atoms with Crippen molar-refractivity contribution in [3.05, 3.63) is 46.4 Å². The van der Waals surface area contributed by atoms with Crippen LogP contribution in [0.4, 0.5) is 5.82 Å². The lowest BCUT2D eigenvalue weighted by Crippen LogP contribution is -2.12. The van der Waals surface area contributed by atoms with Crippen LogP contribution in [0.5, 0.6) is 0 Å². The number of hydrogen-bond acceptors (Lipinski definition) is 6. The van der Waals surface area contributed by atoms with Gasteiger partial charge < -0.3 is 11.5 Å². The van der Waals surface area contributed by atoms with Gasteiger partial charge in [0.15, 0.2) is 10.8 Å². The molecule has 1 radical (unpaired) electrons. The first-order chi connectivity index (χ1) is 9.06. The molecule has 0 fully saturated rings. The van der Waals surface area contributed by atoms with Crippen molar-refractivity contribution in [1.29, 1.82) is 0 Å². The van der Waals surface area contributed by atoms with Gasteiger partial charge in [0.05, 0.1) is 0 Å². The number of anilines is 1. The van der Waals surface area contributed by atoms with E-state index in [-0.39, 0.29) is 16.5 Å². The summed E-state index contributed by atoms with van der Waals surface area (Å²) in [5.41, 5.74) is 11.4. The van der Waals surface area contributed by atoms with E-state index in [0.717, 1.165) is 11.3 Å². The quantitative estimate of drug-likeness (QED) is 0.785. The maximum absolute atomic E-state index is 11.8. The summed E-state index contributed by atoms with van der Waals surface area (Å²) < 4.78 is 0. The van der Waals surface area contributed by atoms with Crippen LogP contribution >= 0.6 is 11.3 Å². The van der Waals surface area contributed by atoms with Crippen LogP contribution < -0.4 is 11.5 Å². The van der Waals surface area contributed by atoms with Crippen molar-refractivity contribution >= 4 is 28.8 Å². The molecule has 1 amide bonds. The number of thiazole rings is 1. The molecule has 0 bridgehead atoms. The van der Waals surface area contributed by atoms with Crippen LogP contribution in [0.3, 0.4) is 0 Å². The highest BCUT2D eigenvalue weighted by molar-refractivity contribution is 7.12. The minimum atomic E-state index is -0.646. The van der Waals surface area contributed by atoms with Crippen molar-refractivity contribution in [2.75, 3.05) is 5.73 Å². The summed E-state index contributed by atoms with van der Waals surface area (Å²) in [6, 6.07) is 5.21. The molecule has 2 heterocycles. The Morgan fingerprint density at radius 2 is 2.11 bits per heavy atom. The Labute approximate surface area is 113 Å². The smallest absolute Gasteiger partial charge is 0.268 e. The number of aromatic nitrogens is 2. The number of carbonyl (C=O) groups excluding carboxylic acids is 2. The number of carbonyl (C=O) groups is 2. The maximum Gasteiger partial charge on any atom is 0.268 e. The van der Waals surface area contributed by atoms with E-state index < -0.39 is 5.91 Å². The van der Waals surface area contributed by atoms with Crippen molar-refractivity contribution in [3.63, 3.8) is 0 Å². The van der Waals surface area contributed by atoms with E-state index in [1.807, 2.05) is 0 Å². The molecule has 0 atom stereocenters. The average Bonchev–Trinajstić information content (AvgIpc) is 2.86. The van der Waals surface area contributed by atoms with E-state index in [4.69, 9.17) is 11.5 Å². The minimum absolute atomic E-state index is 0.101. The van der Waals surface area contributed by atoms with Crippen molar-refractivity contribution < 1.29 is 9.59 Å². The van der Waals surface area contributed by atoms with Gasteiger partial charge in [0.2, 0.25) is 0 Å². The maximum atomic E-state index is 11.8. The third-order valence-electron chi connectivity index (χ3n) is 2.29. The molecule has 7 heteroatoms. The molecular formula is C12H11N4O2S. The van der Waals surface area contributed by atoms with Gasteiger partial charge in [-0.3, -0.25) is 9.59 Å². The summed E-state index contributed by atoms with van der Waals surface area (Å²) in [6.45, 7) is 0. The monoisotopic (exact) mass is 275 g/mol. The van der Waals surface area contributed by atoms with Crippen LogP contribution in [0.25, 0.3) is 0 Å². The third kappa shape index (κ3) is 3.35. The molecule has 0 unspecified atom stereocenters. The molecule has 2 rings (SSSR count). The highest BCUT2D eigenvalue weighted by Gasteiger charge is 2.14. The van der Waals surface area contributed by atoms with Crippen LogP contribution in [0.1, 0.15) is 26.0 Å². The molecule has 6 nitrogen and oxygen atoms in total. The second-order valence-corrected chi connectivity index (χ2v) is 4.59.